The van der Waals surface area contributed by atoms with Crippen molar-refractivity contribution in [3.8, 4) is 17.2 Å². The number of benzene rings is 3. The Balaban J connectivity index is 0.718. The largest absolute Gasteiger partial charge is 0.507 e. The molecule has 1 unspecified atom stereocenters. The van der Waals surface area contributed by atoms with Gasteiger partial charge in [0.15, 0.2) is 31.2 Å². The van der Waals surface area contributed by atoms with Crippen LogP contribution in [0.1, 0.15) is 126 Å². The first-order valence-corrected chi connectivity index (χ1v) is 32.2. The van der Waals surface area contributed by atoms with Crippen LogP contribution in [0, 0.1) is 5.41 Å². The third-order valence-electron chi connectivity index (χ3n) is 18.9. The molecule has 4 heterocycles. The number of fused-ring (bicyclic) bond motifs is 6. The number of ketones is 3. The average Bonchev–Trinajstić information content (AvgIpc) is 1.53. The number of likely N-dealkylation sites (N-methyl/N-ethyl adjacent to an activating group) is 2. The first kappa shape index (κ1) is 70.7. The summed E-state index contributed by atoms with van der Waals surface area (Å²) in [5.41, 5.74) is 0.382. The molecular formula is C66H81N9O22. The number of unbranched alkanes of at least 4 members (excludes halogenated alkanes) is 2. The quantitative estimate of drug-likeness (QED) is 0.0184. The summed E-state index contributed by atoms with van der Waals surface area (Å²) < 4.78 is 46.9. The molecule has 10 rings (SSSR count). The number of Topliss-reactive ketones (excluding diaryl/α,β-unsaturated/α-hetero) is 1. The number of nitrogens with zero attached hydrogens (tertiary/aromatic N) is 4. The zero-order valence-corrected chi connectivity index (χ0v) is 54.4. The van der Waals surface area contributed by atoms with Crippen LogP contribution in [-0.4, -0.2) is 230 Å². The number of phenols is 2. The number of aromatic hydroxyl groups is 2. The number of nitrogens with one attached hydrogen (secondary N) is 4. The molecule has 7 aliphatic rings. The highest BCUT2D eigenvalue weighted by atomic mass is 16.7. The number of phenolic OH excluding ortho intramolecular Hbond substituents is 2. The summed E-state index contributed by atoms with van der Waals surface area (Å²) in [6.45, 7) is 1.79. The highest BCUT2D eigenvalue weighted by molar-refractivity contribution is 6.31. The van der Waals surface area contributed by atoms with Gasteiger partial charge in [0.1, 0.15) is 47.0 Å². The van der Waals surface area contributed by atoms with Crippen molar-refractivity contribution in [1.29, 1.82) is 0 Å². The van der Waals surface area contributed by atoms with E-state index in [0.29, 0.717) is 50.1 Å². The molecule has 1 saturated carbocycles. The first-order valence-electron chi connectivity index (χ1n) is 32.2. The van der Waals surface area contributed by atoms with Crippen LogP contribution < -0.4 is 31.7 Å². The molecule has 3 aromatic carbocycles. The van der Waals surface area contributed by atoms with E-state index in [9.17, 15) is 68.1 Å². The average molecular weight is 1350 g/mol. The molecule has 4 fully saturated rings. The standard InChI is InChI=1S/C66H81N9O22/c1-35-56-41(74-28-29-92-59(91-5)58(74)97-56)30-47(95-35)96-43-32-66(89,31-39-49(43)55(82)51-50(53(39)80)52(79)38-12-9-14-42(90-4)48(38)54(51)81)44(76)34-94-64(88)73(3)27-26-72(2)63(87)93-33-36-15-17-37(18-16-36)70-57(83)40(13-10-24-69-62(67)86)71-61(85)65(21-11-22-65)60(84)68-23-7-6-8-25-75-45(77)19-20-46(75)78/h9,12,14-20,35,40-41,43,47,56,58-59,80,82,89H,6-8,10-11,13,21-34H2,1-5H3,(H,68,84)(H,70,83)(H,71,85)(H3,67,69,86)/t35-,40-,41?,43-,47-,56+,58+,59-,66-/m0/s1. The van der Waals surface area contributed by atoms with Crippen LogP contribution >= 0.6 is 0 Å². The summed E-state index contributed by atoms with van der Waals surface area (Å²) in [6.07, 6.45) is -2.27. The maximum absolute atomic E-state index is 14.3. The van der Waals surface area contributed by atoms with Gasteiger partial charge in [-0.25, -0.2) is 14.4 Å². The number of amides is 9. The summed E-state index contributed by atoms with van der Waals surface area (Å²) in [7, 11) is 5.58. The summed E-state index contributed by atoms with van der Waals surface area (Å²) >= 11 is 0. The number of hydrogen-bond acceptors (Lipinski definition) is 23. The number of ether oxygens (including phenoxy) is 8. The van der Waals surface area contributed by atoms with E-state index in [1.54, 1.807) is 31.2 Å². The smallest absolute Gasteiger partial charge is 0.409 e. The molecule has 3 saturated heterocycles. The normalized spacial score (nSPS) is 23.9. The summed E-state index contributed by atoms with van der Waals surface area (Å²) in [4.78, 5) is 151. The van der Waals surface area contributed by atoms with Gasteiger partial charge in [-0.2, -0.15) is 0 Å². The van der Waals surface area contributed by atoms with Crippen molar-refractivity contribution in [2.45, 2.75) is 139 Å². The van der Waals surface area contributed by atoms with E-state index in [0.717, 1.165) is 9.80 Å². The van der Waals surface area contributed by atoms with E-state index in [1.165, 1.54) is 63.6 Å². The monoisotopic (exact) mass is 1350 g/mol. The number of primary amides is 1. The number of methoxy groups -OCH3 is 2. The fraction of sp³-hybridized carbons (Fsp3) is 0.530. The number of anilines is 1. The topological polar surface area (TPSA) is 409 Å². The van der Waals surface area contributed by atoms with Gasteiger partial charge in [0, 0.05) is 120 Å². The third kappa shape index (κ3) is 14.9. The van der Waals surface area contributed by atoms with Gasteiger partial charge in [-0.05, 0) is 75.6 Å². The van der Waals surface area contributed by atoms with Gasteiger partial charge < -0.3 is 90.0 Å². The summed E-state index contributed by atoms with van der Waals surface area (Å²) in [5, 5.41) is 47.5. The number of nitrogens with two attached hydrogens (primary N) is 1. The molecule has 31 nitrogen and oxygen atoms in total. The zero-order valence-electron chi connectivity index (χ0n) is 54.4. The molecular weight excluding hydrogens is 1270 g/mol. The van der Waals surface area contributed by atoms with Crippen molar-refractivity contribution in [2.75, 3.05) is 86.1 Å². The van der Waals surface area contributed by atoms with E-state index >= 15 is 0 Å². The second-order valence-corrected chi connectivity index (χ2v) is 25.1. The maximum atomic E-state index is 14.3. The zero-order chi connectivity index (χ0) is 69.6. The van der Waals surface area contributed by atoms with E-state index in [1.807, 2.05) is 0 Å². The second-order valence-electron chi connectivity index (χ2n) is 25.1. The number of imide groups is 1. The lowest BCUT2D eigenvalue weighted by Gasteiger charge is -2.43. The predicted molar refractivity (Wildman–Crippen MR) is 336 cm³/mol. The van der Waals surface area contributed by atoms with Crippen LogP contribution in [0.25, 0.3) is 0 Å². The van der Waals surface area contributed by atoms with Crippen molar-refractivity contribution >= 4 is 70.8 Å². The Morgan fingerprint density at radius 2 is 1.51 bits per heavy atom. The lowest BCUT2D eigenvalue weighted by atomic mass is 9.67. The molecule has 31 heteroatoms. The van der Waals surface area contributed by atoms with Gasteiger partial charge in [0.05, 0.1) is 42.6 Å². The number of aliphatic hydroxyl groups is 1. The number of hydrogen-bond donors (Lipinski definition) is 8. The molecule has 9 amide bonds. The number of morpholine rings is 1. The Labute approximate surface area is 557 Å². The number of carbonyl (C=O) groups excluding carboxylic acids is 11. The molecule has 3 aromatic rings. The van der Waals surface area contributed by atoms with E-state index in [2.05, 4.69) is 26.2 Å². The lowest BCUT2D eigenvalue weighted by molar-refractivity contribution is -0.256. The van der Waals surface area contributed by atoms with Gasteiger partial charge in [-0.15, -0.1) is 0 Å². The molecule has 9 atom stereocenters. The fourth-order valence-electron chi connectivity index (χ4n) is 13.3. The molecule has 0 bridgehead atoms. The van der Waals surface area contributed by atoms with Crippen molar-refractivity contribution in [2.24, 2.45) is 11.1 Å². The number of rotatable bonds is 27. The van der Waals surface area contributed by atoms with E-state index in [-0.39, 0.29) is 117 Å². The summed E-state index contributed by atoms with van der Waals surface area (Å²) in [5.74, 6) is -6.62. The minimum atomic E-state index is -2.49. The minimum absolute atomic E-state index is 0.0446. The molecule has 0 radical (unpaired) electrons. The number of urea groups is 1. The van der Waals surface area contributed by atoms with Gasteiger partial charge in [-0.1, -0.05) is 30.7 Å². The van der Waals surface area contributed by atoms with Crippen LogP contribution in [0.15, 0.2) is 54.6 Å². The van der Waals surface area contributed by atoms with Gasteiger partial charge in [0.2, 0.25) is 29.3 Å². The lowest BCUT2D eigenvalue weighted by Crippen LogP contribution is -2.58. The highest BCUT2D eigenvalue weighted by Crippen LogP contribution is 2.53. The van der Waals surface area contributed by atoms with Crippen molar-refractivity contribution in [3.63, 3.8) is 0 Å². The second kappa shape index (κ2) is 30.1. The van der Waals surface area contributed by atoms with Gasteiger partial charge >= 0.3 is 18.2 Å². The molecule has 3 aliphatic carbocycles. The van der Waals surface area contributed by atoms with Crippen molar-refractivity contribution < 1.29 is 106 Å². The van der Waals surface area contributed by atoms with Gasteiger partial charge in [0.25, 0.3) is 11.8 Å². The van der Waals surface area contributed by atoms with Gasteiger partial charge in [-0.3, -0.25) is 48.2 Å². The minimum Gasteiger partial charge on any atom is -0.507 e. The molecule has 0 spiro atoms. The Morgan fingerprint density at radius 1 is 0.814 bits per heavy atom. The Morgan fingerprint density at radius 3 is 2.18 bits per heavy atom. The highest BCUT2D eigenvalue weighted by Gasteiger charge is 2.56. The van der Waals surface area contributed by atoms with E-state index < -0.39 is 150 Å². The van der Waals surface area contributed by atoms with Crippen LogP contribution in [0.4, 0.5) is 20.1 Å². The van der Waals surface area contributed by atoms with E-state index in [4.69, 9.17) is 43.6 Å². The maximum Gasteiger partial charge on any atom is 0.409 e. The molecule has 9 N–H and O–H groups in total. The van der Waals surface area contributed by atoms with Crippen molar-refractivity contribution in [1.82, 2.24) is 35.6 Å². The predicted octanol–water partition coefficient (Wildman–Crippen LogP) is 2.31. The molecule has 522 valence electrons. The molecule has 0 aromatic heterocycles. The number of carbonyl (C=O) groups is 11. The Kier molecular flexibility index (Phi) is 21.9. The summed E-state index contributed by atoms with van der Waals surface area (Å²) in [6, 6.07) is 8.40. The fourth-order valence-corrected chi connectivity index (χ4v) is 13.3. The third-order valence-corrected chi connectivity index (χ3v) is 18.9. The Hall–Kier alpha value is -9.11. The van der Waals surface area contributed by atoms with Crippen LogP contribution in [0.2, 0.25) is 0 Å². The van der Waals surface area contributed by atoms with Crippen LogP contribution in [0.3, 0.4) is 0 Å². The Bertz CT molecular complexity index is 3600. The van der Waals surface area contributed by atoms with Crippen molar-refractivity contribution in [3.05, 3.63) is 93.6 Å². The van der Waals surface area contributed by atoms with Crippen LogP contribution in [-0.2, 0) is 75.0 Å². The first-order chi connectivity index (χ1) is 46.4. The SMILES string of the molecule is COc1cccc2c1C(=O)c1c(O)c3c(c(O)c1C2=O)C[C@@](O)(C(=O)COC(=O)N(C)CCN(C)C(=O)OCc1ccc(NC(=O)[C@H](CCCNC(N)=O)NC(=O)C2(C(=O)NCCCCCN4C(=O)C=CC4=O)CCC2)cc1)C[C@@H]3O[C@H]1CC2[C@H](O[C@@H]3[C@@H](OC)OCCN23)[C@H](C)O1. The molecule has 4 aliphatic heterocycles. The molecule has 97 heavy (non-hydrogen) atoms. The van der Waals surface area contributed by atoms with Crippen LogP contribution in [0.5, 0.6) is 17.2 Å².